The molecule has 7 nitrogen and oxygen atoms in total. The van der Waals surface area contributed by atoms with Gasteiger partial charge in [-0.15, -0.1) is 16.7 Å². The van der Waals surface area contributed by atoms with Gasteiger partial charge in [-0.1, -0.05) is 25.0 Å². The Balaban J connectivity index is 1.46. The van der Waals surface area contributed by atoms with E-state index in [1.165, 1.54) is 18.0 Å². The largest absolute Gasteiger partial charge is 0.416 e. The van der Waals surface area contributed by atoms with E-state index in [1.54, 1.807) is 0 Å². The zero-order chi connectivity index (χ0) is 38.2. The second kappa shape index (κ2) is 15.3. The average Bonchev–Trinajstić information content (AvgIpc) is 3.70. The summed E-state index contributed by atoms with van der Waals surface area (Å²) in [6, 6.07) is 4.18. The number of ether oxygens (including phenoxy) is 1. The Morgan fingerprint density at radius 1 is 0.923 bits per heavy atom. The molecule has 1 aromatic heterocycles. The van der Waals surface area contributed by atoms with Crippen LogP contribution in [0, 0.1) is 11.8 Å². The molecule has 1 saturated carbocycles. The normalized spacial score (nSPS) is 24.0. The number of halogens is 10. The standard InChI is InChI=1S/C35H42ClF9N6O/c1-5-30(50-11-10-22(17-50)20-52-32(3)16-28(36)8-6-21(32)2)29-9-7-25(33(37,38)39)14-24(29)19-51(31-46-48-49(4)47-31)18-23-12-26(34(40,41)42)15-27(13-23)35(43,44)45/h7,9,12-15,21-22,28,30H,5-6,8,10-11,16-20H2,1-4H3/t21-,22?,28?,30?,32-/m0/s1. The smallest absolute Gasteiger partial charge is 0.375 e. The Hall–Kier alpha value is -3.11. The molecule has 2 fully saturated rings. The molecule has 5 atom stereocenters. The summed E-state index contributed by atoms with van der Waals surface area (Å²) in [6.45, 7) is 6.97. The molecule has 2 aliphatic rings. The van der Waals surface area contributed by atoms with Gasteiger partial charge in [0, 0.05) is 31.1 Å². The summed E-state index contributed by atoms with van der Waals surface area (Å²) < 4.78 is 131. The van der Waals surface area contributed by atoms with Crippen LogP contribution in [0.2, 0.25) is 0 Å². The Morgan fingerprint density at radius 2 is 1.58 bits per heavy atom. The highest BCUT2D eigenvalue weighted by Crippen LogP contribution is 2.41. The lowest BCUT2D eigenvalue weighted by Gasteiger charge is -2.42. The average molecular weight is 769 g/mol. The molecule has 0 N–H and O–H groups in total. The molecular weight excluding hydrogens is 727 g/mol. The summed E-state index contributed by atoms with van der Waals surface area (Å²) in [6.07, 6.45) is -10.9. The quantitative estimate of drug-likeness (QED) is 0.143. The fourth-order valence-corrected chi connectivity index (χ4v) is 7.76. The first kappa shape index (κ1) is 40.1. The first-order chi connectivity index (χ1) is 24.2. The van der Waals surface area contributed by atoms with Crippen molar-refractivity contribution in [3.8, 4) is 0 Å². The topological polar surface area (TPSA) is 59.3 Å². The van der Waals surface area contributed by atoms with Gasteiger partial charge in [0.2, 0.25) is 0 Å². The molecule has 17 heteroatoms. The van der Waals surface area contributed by atoms with Gasteiger partial charge in [0.05, 0.1) is 35.9 Å². The van der Waals surface area contributed by atoms with Crippen LogP contribution in [0.3, 0.4) is 0 Å². The van der Waals surface area contributed by atoms with E-state index in [4.69, 9.17) is 16.3 Å². The van der Waals surface area contributed by atoms with Crippen molar-refractivity contribution in [1.82, 2.24) is 25.1 Å². The molecule has 0 bridgehead atoms. The molecular formula is C35H42ClF9N6O. The number of nitrogens with zero attached hydrogens (tertiary/aromatic N) is 6. The summed E-state index contributed by atoms with van der Waals surface area (Å²) >= 11 is 6.47. The number of alkyl halides is 10. The van der Waals surface area contributed by atoms with Gasteiger partial charge in [-0.05, 0) is 110 Å². The highest BCUT2D eigenvalue weighted by atomic mass is 35.5. The number of likely N-dealkylation sites (tertiary alicyclic amines) is 1. The molecule has 1 aliphatic heterocycles. The molecule has 5 rings (SSSR count). The molecule has 0 amide bonds. The van der Waals surface area contributed by atoms with E-state index < -0.39 is 41.8 Å². The van der Waals surface area contributed by atoms with Gasteiger partial charge in [-0.25, -0.2) is 0 Å². The predicted molar refractivity (Wildman–Crippen MR) is 176 cm³/mol. The fourth-order valence-electron chi connectivity index (χ4n) is 7.32. The van der Waals surface area contributed by atoms with Gasteiger partial charge in [-0.3, -0.25) is 4.90 Å². The molecule has 52 heavy (non-hydrogen) atoms. The van der Waals surface area contributed by atoms with Crippen molar-refractivity contribution >= 4 is 17.5 Å². The summed E-state index contributed by atoms with van der Waals surface area (Å²) in [5.41, 5.74) is -4.02. The fraction of sp³-hybridized carbons (Fsp3) is 0.629. The van der Waals surface area contributed by atoms with Crippen molar-refractivity contribution in [3.05, 3.63) is 69.8 Å². The highest BCUT2D eigenvalue weighted by Gasteiger charge is 2.41. The van der Waals surface area contributed by atoms with E-state index in [0.717, 1.165) is 42.6 Å². The first-order valence-corrected chi connectivity index (χ1v) is 17.6. The van der Waals surface area contributed by atoms with Gasteiger partial charge in [0.1, 0.15) is 0 Å². The van der Waals surface area contributed by atoms with Crippen LogP contribution in [0.4, 0.5) is 45.5 Å². The lowest BCUT2D eigenvalue weighted by Crippen LogP contribution is -2.43. The highest BCUT2D eigenvalue weighted by molar-refractivity contribution is 6.20. The van der Waals surface area contributed by atoms with E-state index in [1.807, 2.05) is 6.92 Å². The zero-order valence-corrected chi connectivity index (χ0v) is 30.0. The molecule has 2 heterocycles. The molecule has 2 aromatic carbocycles. The number of hydrogen-bond acceptors (Lipinski definition) is 6. The van der Waals surface area contributed by atoms with Crippen molar-refractivity contribution in [2.45, 2.75) is 102 Å². The minimum atomic E-state index is -5.09. The number of hydrogen-bond donors (Lipinski definition) is 0. The van der Waals surface area contributed by atoms with Crippen molar-refractivity contribution in [1.29, 1.82) is 0 Å². The molecule has 0 spiro atoms. The van der Waals surface area contributed by atoms with Crippen molar-refractivity contribution < 1.29 is 44.3 Å². The lowest BCUT2D eigenvalue weighted by atomic mass is 9.77. The number of rotatable bonds is 11. The monoisotopic (exact) mass is 768 g/mol. The van der Waals surface area contributed by atoms with Gasteiger partial charge in [-0.2, -0.15) is 44.3 Å². The molecule has 3 unspecified atom stereocenters. The maximum atomic E-state index is 14.1. The third kappa shape index (κ3) is 9.51. The van der Waals surface area contributed by atoms with Crippen LogP contribution in [-0.2, 0) is 43.4 Å². The Bertz CT molecular complexity index is 1650. The van der Waals surface area contributed by atoms with Crippen LogP contribution in [0.25, 0.3) is 0 Å². The van der Waals surface area contributed by atoms with E-state index in [2.05, 4.69) is 34.2 Å². The second-order valence-corrected chi connectivity index (χ2v) is 14.9. The third-order valence-electron chi connectivity index (χ3n) is 10.4. The number of aryl methyl sites for hydroxylation is 1. The Kier molecular flexibility index (Phi) is 11.8. The molecule has 0 radical (unpaired) electrons. The number of tetrazole rings is 1. The minimum absolute atomic E-state index is 0.0181. The van der Waals surface area contributed by atoms with Crippen LogP contribution in [0.15, 0.2) is 36.4 Å². The van der Waals surface area contributed by atoms with Gasteiger partial charge in [0.15, 0.2) is 0 Å². The zero-order valence-electron chi connectivity index (χ0n) is 29.2. The van der Waals surface area contributed by atoms with Gasteiger partial charge >= 0.3 is 18.5 Å². The SMILES string of the molecule is CCC(c1ccc(C(F)(F)F)cc1CN(Cc1cc(C(F)(F)F)cc(C(F)(F)F)c1)c1nnn(C)n1)N1CCC(CO[C@@]2(C)CC(Cl)CC[C@@H]2C)C1. The predicted octanol–water partition coefficient (Wildman–Crippen LogP) is 9.45. The number of anilines is 1. The molecule has 1 aliphatic carbocycles. The Morgan fingerprint density at radius 3 is 2.15 bits per heavy atom. The van der Waals surface area contributed by atoms with Crippen LogP contribution >= 0.6 is 11.6 Å². The van der Waals surface area contributed by atoms with Crippen LogP contribution < -0.4 is 4.90 Å². The third-order valence-corrected chi connectivity index (χ3v) is 10.7. The van der Waals surface area contributed by atoms with Gasteiger partial charge < -0.3 is 9.64 Å². The molecule has 1 saturated heterocycles. The van der Waals surface area contributed by atoms with Crippen LogP contribution in [-0.4, -0.2) is 55.8 Å². The lowest BCUT2D eigenvalue weighted by molar-refractivity contribution is -0.143. The van der Waals surface area contributed by atoms with E-state index in [0.29, 0.717) is 49.7 Å². The molecule has 288 valence electrons. The summed E-state index contributed by atoms with van der Waals surface area (Å²) in [4.78, 5) is 4.45. The van der Waals surface area contributed by atoms with Gasteiger partial charge in [0.25, 0.3) is 5.95 Å². The summed E-state index contributed by atoms with van der Waals surface area (Å²) in [7, 11) is 1.40. The van der Waals surface area contributed by atoms with E-state index in [-0.39, 0.29) is 52.6 Å². The number of benzene rings is 2. The van der Waals surface area contributed by atoms with E-state index >= 15 is 0 Å². The van der Waals surface area contributed by atoms with Crippen LogP contribution in [0.5, 0.6) is 0 Å². The number of aromatic nitrogens is 4. The van der Waals surface area contributed by atoms with Crippen molar-refractivity contribution in [2.24, 2.45) is 18.9 Å². The van der Waals surface area contributed by atoms with Crippen molar-refractivity contribution in [2.75, 3.05) is 24.6 Å². The van der Waals surface area contributed by atoms with Crippen molar-refractivity contribution in [3.63, 3.8) is 0 Å². The summed E-state index contributed by atoms with van der Waals surface area (Å²) in [5, 5.41) is 11.8. The summed E-state index contributed by atoms with van der Waals surface area (Å²) in [5.74, 6) is 0.310. The minimum Gasteiger partial charge on any atom is -0.375 e. The van der Waals surface area contributed by atoms with Crippen LogP contribution in [0.1, 0.15) is 92.3 Å². The second-order valence-electron chi connectivity index (χ2n) is 14.2. The first-order valence-electron chi connectivity index (χ1n) is 17.2. The molecule has 3 aromatic rings. The van der Waals surface area contributed by atoms with E-state index in [9.17, 15) is 39.5 Å². The maximum Gasteiger partial charge on any atom is 0.416 e. The Labute approximate surface area is 301 Å². The maximum absolute atomic E-state index is 14.1.